The van der Waals surface area contributed by atoms with Crippen LogP contribution >= 0.6 is 0 Å². The molecule has 0 atom stereocenters. The Morgan fingerprint density at radius 2 is 1.53 bits per heavy atom. The van der Waals surface area contributed by atoms with Gasteiger partial charge in [-0.3, -0.25) is 4.98 Å². The highest BCUT2D eigenvalue weighted by Gasteiger charge is 2.24. The average molecular weight is 392 g/mol. The minimum Gasteiger partial charge on any atom is -0.252 e. The second kappa shape index (κ2) is 7.09. The first-order chi connectivity index (χ1) is 14.4. The Labute approximate surface area is 179 Å². The minimum absolute atomic E-state index is 0.396. The first-order valence-corrected chi connectivity index (χ1v) is 11.1. The number of benzene rings is 3. The summed E-state index contributed by atoms with van der Waals surface area (Å²) in [5.41, 5.74) is 11.9. The van der Waals surface area contributed by atoms with E-state index in [0.717, 1.165) is 12.1 Å². The van der Waals surface area contributed by atoms with Gasteiger partial charge in [0.1, 0.15) is 0 Å². The highest BCUT2D eigenvalue weighted by Crippen LogP contribution is 2.44. The third-order valence-corrected chi connectivity index (χ3v) is 6.46. The molecule has 0 radical (unpaired) electrons. The van der Waals surface area contributed by atoms with Gasteiger partial charge in [0.25, 0.3) is 0 Å². The molecule has 1 heteroatoms. The molecule has 1 heterocycles. The molecule has 0 N–H and O–H groups in total. The highest BCUT2D eigenvalue weighted by atomic mass is 14.7. The van der Waals surface area contributed by atoms with E-state index in [2.05, 4.69) is 95.3 Å². The Bertz CT molecular complexity index is 1280. The first kappa shape index (κ1) is 19.1. The molecule has 1 nitrogen and oxygen atoms in total. The lowest BCUT2D eigenvalue weighted by molar-refractivity contribution is 0.827. The monoisotopic (exact) mass is 391 g/mol. The predicted octanol–water partition coefficient (Wildman–Crippen LogP) is 8.03. The number of nitrogens with zero attached hydrogens (tertiary/aromatic N) is 1. The molecule has 1 aliphatic carbocycles. The summed E-state index contributed by atoms with van der Waals surface area (Å²) < 4.78 is 0. The minimum atomic E-state index is 0.396. The van der Waals surface area contributed by atoms with Gasteiger partial charge in [-0.15, -0.1) is 0 Å². The van der Waals surface area contributed by atoms with E-state index in [0.29, 0.717) is 11.8 Å². The molecule has 0 bridgehead atoms. The van der Waals surface area contributed by atoms with Crippen molar-refractivity contribution >= 4 is 10.8 Å². The smallest absolute Gasteiger partial charge is 0.0787 e. The van der Waals surface area contributed by atoms with Gasteiger partial charge < -0.3 is 0 Å². The second-order valence-corrected chi connectivity index (χ2v) is 9.36. The number of fused-ring (bicyclic) bond motifs is 4. The molecule has 0 saturated carbocycles. The number of hydrogen-bond acceptors (Lipinski definition) is 1. The molecule has 5 rings (SSSR count). The Morgan fingerprint density at radius 1 is 0.767 bits per heavy atom. The number of aromatic nitrogens is 1. The predicted molar refractivity (Wildman–Crippen MR) is 128 cm³/mol. The maximum absolute atomic E-state index is 5.25. The molecular formula is C29H29N. The van der Waals surface area contributed by atoms with Crippen LogP contribution in [0.3, 0.4) is 0 Å². The van der Waals surface area contributed by atoms with E-state index in [1.807, 2.05) is 0 Å². The maximum atomic E-state index is 5.25. The largest absolute Gasteiger partial charge is 0.252 e. The molecule has 0 spiro atoms. The fourth-order valence-electron chi connectivity index (χ4n) is 4.73. The summed E-state index contributed by atoms with van der Waals surface area (Å²) in [6.07, 6.45) is 0.986. The lowest BCUT2D eigenvalue weighted by Gasteiger charge is -2.17. The quantitative estimate of drug-likeness (QED) is 0.303. The van der Waals surface area contributed by atoms with Gasteiger partial charge in [0, 0.05) is 16.6 Å². The molecule has 30 heavy (non-hydrogen) atoms. The molecule has 3 aromatic carbocycles. The van der Waals surface area contributed by atoms with E-state index in [9.17, 15) is 0 Å². The normalized spacial score (nSPS) is 12.6. The van der Waals surface area contributed by atoms with Crippen LogP contribution in [0.15, 0.2) is 60.7 Å². The van der Waals surface area contributed by atoms with Crippen LogP contribution in [-0.4, -0.2) is 4.98 Å². The highest BCUT2D eigenvalue weighted by molar-refractivity contribution is 5.98. The van der Waals surface area contributed by atoms with Crippen molar-refractivity contribution in [3.05, 3.63) is 88.6 Å². The van der Waals surface area contributed by atoms with Crippen LogP contribution in [0.4, 0.5) is 0 Å². The summed E-state index contributed by atoms with van der Waals surface area (Å²) in [5, 5.41) is 2.56. The third-order valence-electron chi connectivity index (χ3n) is 6.46. The van der Waals surface area contributed by atoms with E-state index in [4.69, 9.17) is 4.98 Å². The van der Waals surface area contributed by atoms with Crippen molar-refractivity contribution in [2.45, 2.75) is 52.9 Å². The van der Waals surface area contributed by atoms with Crippen LogP contribution in [0.5, 0.6) is 0 Å². The van der Waals surface area contributed by atoms with Gasteiger partial charge in [0.15, 0.2) is 0 Å². The molecule has 150 valence electrons. The molecule has 0 unspecified atom stereocenters. The average Bonchev–Trinajstić information content (AvgIpc) is 3.10. The zero-order valence-corrected chi connectivity index (χ0v) is 18.6. The van der Waals surface area contributed by atoms with E-state index < -0.39 is 0 Å². The molecular weight excluding hydrogens is 362 g/mol. The van der Waals surface area contributed by atoms with Gasteiger partial charge in [-0.25, -0.2) is 0 Å². The number of rotatable bonds is 3. The van der Waals surface area contributed by atoms with Crippen molar-refractivity contribution in [3.8, 4) is 22.4 Å². The topological polar surface area (TPSA) is 12.9 Å². The molecule has 1 aromatic heterocycles. The van der Waals surface area contributed by atoms with Gasteiger partial charge in [-0.1, -0.05) is 70.2 Å². The Morgan fingerprint density at radius 3 is 2.30 bits per heavy atom. The summed E-state index contributed by atoms with van der Waals surface area (Å²) in [6.45, 7) is 11.2. The molecule has 0 aliphatic heterocycles. The maximum Gasteiger partial charge on any atom is 0.0787 e. The van der Waals surface area contributed by atoms with E-state index >= 15 is 0 Å². The SMILES string of the molecule is Cc1cc2c(c(-c3nc(C(C)C)cc4ccc(C(C)C)cc34)c1)Cc1ccccc1-2. The molecule has 1 aliphatic rings. The van der Waals surface area contributed by atoms with Crippen molar-refractivity contribution in [1.29, 1.82) is 0 Å². The summed E-state index contributed by atoms with van der Waals surface area (Å²) in [6, 6.07) is 22.7. The van der Waals surface area contributed by atoms with Crippen LogP contribution in [0.2, 0.25) is 0 Å². The summed E-state index contributed by atoms with van der Waals surface area (Å²) in [5.74, 6) is 0.896. The zero-order valence-electron chi connectivity index (χ0n) is 18.6. The molecule has 0 fully saturated rings. The van der Waals surface area contributed by atoms with E-state index in [1.165, 1.54) is 55.4 Å². The van der Waals surface area contributed by atoms with Gasteiger partial charge in [-0.2, -0.15) is 0 Å². The Hall–Kier alpha value is -2.93. The van der Waals surface area contributed by atoms with Crippen LogP contribution < -0.4 is 0 Å². The lowest BCUT2D eigenvalue weighted by atomic mass is 9.91. The van der Waals surface area contributed by atoms with E-state index in [-0.39, 0.29) is 0 Å². The second-order valence-electron chi connectivity index (χ2n) is 9.36. The number of aryl methyl sites for hydroxylation is 1. The molecule has 0 amide bonds. The fourth-order valence-corrected chi connectivity index (χ4v) is 4.73. The fraction of sp³-hybridized carbons (Fsp3) is 0.276. The van der Waals surface area contributed by atoms with Gasteiger partial charge in [0.2, 0.25) is 0 Å². The van der Waals surface area contributed by atoms with Crippen LogP contribution in [0, 0.1) is 6.92 Å². The van der Waals surface area contributed by atoms with Crippen LogP contribution in [0.25, 0.3) is 33.2 Å². The Kier molecular flexibility index (Phi) is 4.50. The van der Waals surface area contributed by atoms with Crippen molar-refractivity contribution in [2.75, 3.05) is 0 Å². The lowest BCUT2D eigenvalue weighted by Crippen LogP contribution is -2.00. The standard InChI is InChI=1S/C29H29N/c1-17(2)20-10-11-22-16-28(18(3)4)30-29(24(22)14-20)27-13-19(5)12-25-23-9-7-6-8-21(23)15-26(25)27/h6-14,16-18H,15H2,1-5H3. The molecule has 0 saturated heterocycles. The van der Waals surface area contributed by atoms with Gasteiger partial charge >= 0.3 is 0 Å². The van der Waals surface area contributed by atoms with Crippen LogP contribution in [0.1, 0.15) is 67.5 Å². The Balaban J connectivity index is 1.83. The summed E-state index contributed by atoms with van der Waals surface area (Å²) >= 11 is 0. The molecule has 4 aromatic rings. The van der Waals surface area contributed by atoms with Crippen molar-refractivity contribution in [1.82, 2.24) is 4.98 Å². The van der Waals surface area contributed by atoms with Gasteiger partial charge in [0.05, 0.1) is 5.69 Å². The van der Waals surface area contributed by atoms with Crippen molar-refractivity contribution in [3.63, 3.8) is 0 Å². The number of hydrogen-bond donors (Lipinski definition) is 0. The first-order valence-electron chi connectivity index (χ1n) is 11.1. The van der Waals surface area contributed by atoms with Gasteiger partial charge in [-0.05, 0) is 82.1 Å². The van der Waals surface area contributed by atoms with Crippen LogP contribution in [-0.2, 0) is 6.42 Å². The third kappa shape index (κ3) is 3.04. The van der Waals surface area contributed by atoms with Crippen molar-refractivity contribution in [2.24, 2.45) is 0 Å². The summed E-state index contributed by atoms with van der Waals surface area (Å²) in [7, 11) is 0. The number of pyridine rings is 1. The summed E-state index contributed by atoms with van der Waals surface area (Å²) in [4.78, 5) is 5.25. The van der Waals surface area contributed by atoms with E-state index in [1.54, 1.807) is 0 Å². The van der Waals surface area contributed by atoms with Crippen molar-refractivity contribution < 1.29 is 0 Å². The zero-order chi connectivity index (χ0) is 21.0.